The van der Waals surface area contributed by atoms with Crippen molar-refractivity contribution in [3.63, 3.8) is 0 Å². The molecule has 17 heavy (non-hydrogen) atoms. The number of nitrogens with two attached hydrogens (primary N) is 1. The number of benzene rings is 1. The molecule has 0 radical (unpaired) electrons. The van der Waals surface area contributed by atoms with E-state index in [1.807, 2.05) is 41.2 Å². The summed E-state index contributed by atoms with van der Waals surface area (Å²) in [5, 5.41) is 4.20. The van der Waals surface area contributed by atoms with Crippen LogP contribution in [-0.2, 0) is 11.3 Å². The van der Waals surface area contributed by atoms with Crippen molar-refractivity contribution in [2.45, 2.75) is 6.54 Å². The van der Waals surface area contributed by atoms with Gasteiger partial charge >= 0.3 is 0 Å². The first-order chi connectivity index (χ1) is 8.24. The zero-order valence-corrected chi connectivity index (χ0v) is 9.28. The molecule has 1 amide bonds. The molecule has 0 atom stereocenters. The van der Waals surface area contributed by atoms with Crippen molar-refractivity contribution >= 4 is 12.0 Å². The van der Waals surface area contributed by atoms with E-state index in [1.54, 1.807) is 12.3 Å². The Hall–Kier alpha value is -2.36. The molecule has 0 saturated carbocycles. The fourth-order valence-electron chi connectivity index (χ4n) is 1.50. The van der Waals surface area contributed by atoms with Gasteiger partial charge in [-0.2, -0.15) is 5.10 Å². The van der Waals surface area contributed by atoms with Crippen LogP contribution in [0.1, 0.15) is 11.1 Å². The number of carbonyl (C=O) groups excluding carboxylic acids is 1. The van der Waals surface area contributed by atoms with E-state index in [4.69, 9.17) is 5.73 Å². The molecule has 1 aromatic heterocycles. The Labute approximate surface area is 99.4 Å². The Kier molecular flexibility index (Phi) is 3.35. The van der Waals surface area contributed by atoms with Crippen LogP contribution >= 0.6 is 0 Å². The lowest BCUT2D eigenvalue weighted by Gasteiger charge is -2.00. The second kappa shape index (κ2) is 5.12. The van der Waals surface area contributed by atoms with E-state index in [0.717, 1.165) is 5.56 Å². The van der Waals surface area contributed by atoms with Gasteiger partial charge in [0, 0.05) is 17.8 Å². The SMILES string of the molecule is NC(=O)/C=C/c1cnn(Cc2ccccc2)c1. The van der Waals surface area contributed by atoms with Crippen LogP contribution < -0.4 is 5.73 Å². The zero-order valence-electron chi connectivity index (χ0n) is 9.28. The zero-order chi connectivity index (χ0) is 12.1. The summed E-state index contributed by atoms with van der Waals surface area (Å²) in [5.74, 6) is -0.458. The predicted octanol–water partition coefficient (Wildman–Crippen LogP) is 1.43. The minimum atomic E-state index is -0.458. The largest absolute Gasteiger partial charge is 0.366 e. The molecule has 2 rings (SSSR count). The summed E-state index contributed by atoms with van der Waals surface area (Å²) < 4.78 is 1.82. The van der Waals surface area contributed by atoms with Crippen LogP contribution in [0, 0.1) is 0 Å². The summed E-state index contributed by atoms with van der Waals surface area (Å²) in [6.45, 7) is 0.714. The Morgan fingerprint density at radius 2 is 2.12 bits per heavy atom. The minimum Gasteiger partial charge on any atom is -0.366 e. The van der Waals surface area contributed by atoms with Crippen LogP contribution in [0.5, 0.6) is 0 Å². The maximum Gasteiger partial charge on any atom is 0.241 e. The van der Waals surface area contributed by atoms with Gasteiger partial charge in [0.15, 0.2) is 0 Å². The first kappa shape index (κ1) is 11.1. The van der Waals surface area contributed by atoms with Gasteiger partial charge in [0.2, 0.25) is 5.91 Å². The predicted molar refractivity (Wildman–Crippen MR) is 66.0 cm³/mol. The van der Waals surface area contributed by atoms with Crippen molar-refractivity contribution in [1.82, 2.24) is 9.78 Å². The van der Waals surface area contributed by atoms with Gasteiger partial charge in [-0.25, -0.2) is 0 Å². The summed E-state index contributed by atoms with van der Waals surface area (Å²) in [6.07, 6.45) is 6.54. The van der Waals surface area contributed by atoms with E-state index in [0.29, 0.717) is 6.54 Å². The highest BCUT2D eigenvalue weighted by Gasteiger charge is 1.97. The third-order valence-electron chi connectivity index (χ3n) is 2.28. The van der Waals surface area contributed by atoms with Crippen LogP contribution in [0.3, 0.4) is 0 Å². The Morgan fingerprint density at radius 3 is 2.82 bits per heavy atom. The summed E-state index contributed by atoms with van der Waals surface area (Å²) >= 11 is 0. The van der Waals surface area contributed by atoms with Crippen molar-refractivity contribution in [3.8, 4) is 0 Å². The highest BCUT2D eigenvalue weighted by Crippen LogP contribution is 2.05. The number of aromatic nitrogens is 2. The third-order valence-corrected chi connectivity index (χ3v) is 2.28. The molecule has 1 heterocycles. The van der Waals surface area contributed by atoms with E-state index in [-0.39, 0.29) is 0 Å². The first-order valence-electron chi connectivity index (χ1n) is 5.28. The van der Waals surface area contributed by atoms with E-state index < -0.39 is 5.91 Å². The van der Waals surface area contributed by atoms with Gasteiger partial charge in [0.25, 0.3) is 0 Å². The van der Waals surface area contributed by atoms with Crippen molar-refractivity contribution in [1.29, 1.82) is 0 Å². The van der Waals surface area contributed by atoms with Crippen molar-refractivity contribution in [3.05, 3.63) is 59.9 Å². The lowest BCUT2D eigenvalue weighted by atomic mass is 10.2. The van der Waals surface area contributed by atoms with Gasteiger partial charge in [0.1, 0.15) is 0 Å². The maximum absolute atomic E-state index is 10.6. The fourth-order valence-corrected chi connectivity index (χ4v) is 1.50. The fraction of sp³-hybridized carbons (Fsp3) is 0.0769. The molecule has 0 aliphatic rings. The molecule has 1 aromatic carbocycles. The molecule has 0 unspecified atom stereocenters. The molecule has 0 bridgehead atoms. The van der Waals surface area contributed by atoms with Gasteiger partial charge < -0.3 is 5.73 Å². The number of amides is 1. The lowest BCUT2D eigenvalue weighted by molar-refractivity contribution is -0.113. The van der Waals surface area contributed by atoms with Crippen molar-refractivity contribution in [2.75, 3.05) is 0 Å². The number of primary amides is 1. The van der Waals surface area contributed by atoms with Crippen LogP contribution in [-0.4, -0.2) is 15.7 Å². The third kappa shape index (κ3) is 3.31. The number of nitrogens with zero attached hydrogens (tertiary/aromatic N) is 2. The average molecular weight is 227 g/mol. The second-order valence-electron chi connectivity index (χ2n) is 3.69. The Bertz CT molecular complexity index is 529. The average Bonchev–Trinajstić information content (AvgIpc) is 2.75. The molecule has 4 nitrogen and oxygen atoms in total. The standard InChI is InChI=1S/C13H13N3O/c14-13(17)7-6-12-8-15-16(10-12)9-11-4-2-1-3-5-11/h1-8,10H,9H2,(H2,14,17)/b7-6+. The van der Waals surface area contributed by atoms with E-state index in [2.05, 4.69) is 5.10 Å². The van der Waals surface area contributed by atoms with Crippen LogP contribution in [0.25, 0.3) is 6.08 Å². The maximum atomic E-state index is 10.6. The number of carbonyl (C=O) groups is 1. The van der Waals surface area contributed by atoms with Gasteiger partial charge in [-0.3, -0.25) is 9.48 Å². The number of hydrogen-bond donors (Lipinski definition) is 1. The summed E-state index contributed by atoms with van der Waals surface area (Å²) in [5.41, 5.74) is 7.06. The van der Waals surface area contributed by atoms with Crippen LogP contribution in [0.15, 0.2) is 48.8 Å². The second-order valence-corrected chi connectivity index (χ2v) is 3.69. The van der Waals surface area contributed by atoms with Gasteiger partial charge in [-0.05, 0) is 11.6 Å². The Morgan fingerprint density at radius 1 is 1.35 bits per heavy atom. The molecule has 0 aliphatic heterocycles. The lowest BCUT2D eigenvalue weighted by Crippen LogP contribution is -2.04. The van der Waals surface area contributed by atoms with Crippen molar-refractivity contribution < 1.29 is 4.79 Å². The van der Waals surface area contributed by atoms with E-state index >= 15 is 0 Å². The molecule has 2 aromatic rings. The smallest absolute Gasteiger partial charge is 0.241 e. The molecule has 0 saturated heterocycles. The normalized spacial score (nSPS) is 10.8. The summed E-state index contributed by atoms with van der Waals surface area (Å²) in [6, 6.07) is 10.0. The highest BCUT2D eigenvalue weighted by molar-refractivity contribution is 5.90. The number of hydrogen-bond acceptors (Lipinski definition) is 2. The minimum absolute atomic E-state index is 0.458. The van der Waals surface area contributed by atoms with E-state index in [1.165, 1.54) is 11.6 Å². The quantitative estimate of drug-likeness (QED) is 0.803. The van der Waals surface area contributed by atoms with Gasteiger partial charge in [0.05, 0.1) is 12.7 Å². The van der Waals surface area contributed by atoms with Crippen LogP contribution in [0.4, 0.5) is 0 Å². The molecule has 86 valence electrons. The van der Waals surface area contributed by atoms with Crippen LogP contribution in [0.2, 0.25) is 0 Å². The highest BCUT2D eigenvalue weighted by atomic mass is 16.1. The molecule has 0 spiro atoms. The monoisotopic (exact) mass is 227 g/mol. The number of rotatable bonds is 4. The summed E-state index contributed by atoms with van der Waals surface area (Å²) in [7, 11) is 0. The summed E-state index contributed by atoms with van der Waals surface area (Å²) in [4.78, 5) is 10.6. The molecular weight excluding hydrogens is 214 g/mol. The van der Waals surface area contributed by atoms with Gasteiger partial charge in [-0.1, -0.05) is 30.3 Å². The topological polar surface area (TPSA) is 60.9 Å². The van der Waals surface area contributed by atoms with Gasteiger partial charge in [-0.15, -0.1) is 0 Å². The first-order valence-corrected chi connectivity index (χ1v) is 5.28. The molecule has 0 aliphatic carbocycles. The molecule has 4 heteroatoms. The van der Waals surface area contributed by atoms with Crippen molar-refractivity contribution in [2.24, 2.45) is 5.73 Å². The Balaban J connectivity index is 2.06. The van der Waals surface area contributed by atoms with E-state index in [9.17, 15) is 4.79 Å². The molecular formula is C13H13N3O. The molecule has 0 fully saturated rings. The molecule has 2 N–H and O–H groups in total.